The van der Waals surface area contributed by atoms with Gasteiger partial charge in [0.25, 0.3) is 5.91 Å². The van der Waals surface area contributed by atoms with Crippen molar-refractivity contribution >= 4 is 50.7 Å². The molecule has 0 saturated heterocycles. The lowest BCUT2D eigenvalue weighted by atomic mass is 10.2. The zero-order valence-corrected chi connectivity index (χ0v) is 22.3. The fraction of sp³-hybridized carbons (Fsp3) is 0.0370. The Balaban J connectivity index is 1.49. The minimum Gasteiger partial charge on any atom is -0.457 e. The van der Waals surface area contributed by atoms with E-state index in [-0.39, 0.29) is 37.7 Å². The lowest BCUT2D eigenvalue weighted by molar-refractivity contribution is -0.140. The summed E-state index contributed by atoms with van der Waals surface area (Å²) in [4.78, 5) is 23.1. The minimum atomic E-state index is -5.00. The number of nitrogens with one attached hydrogen (secondary N) is 2. The van der Waals surface area contributed by atoms with E-state index in [9.17, 15) is 31.2 Å². The molecule has 3 amide bonds. The first kappa shape index (κ1) is 28.9. The van der Waals surface area contributed by atoms with Gasteiger partial charge < -0.3 is 10.1 Å². The second-order valence-corrected chi connectivity index (χ2v) is 10.9. The second-order valence-electron chi connectivity index (χ2n) is 8.13. The van der Waals surface area contributed by atoms with Crippen LogP contribution in [-0.2, 0) is 16.0 Å². The third kappa shape index (κ3) is 6.74. The van der Waals surface area contributed by atoms with E-state index in [4.69, 9.17) is 27.9 Å². The summed E-state index contributed by atoms with van der Waals surface area (Å²) in [7, 11) is -4.52. The van der Waals surface area contributed by atoms with Gasteiger partial charge in [0.05, 0.1) is 25.9 Å². The van der Waals surface area contributed by atoms with Crippen LogP contribution in [0.25, 0.3) is 0 Å². The molecule has 0 saturated carbocycles. The van der Waals surface area contributed by atoms with Crippen molar-refractivity contribution in [2.75, 3.05) is 5.32 Å². The molecule has 0 atom stereocenters. The van der Waals surface area contributed by atoms with E-state index in [1.54, 1.807) is 12.1 Å². The number of hydrogen-bond acceptors (Lipinski definition) is 5. The third-order valence-corrected chi connectivity index (χ3v) is 7.77. The molecule has 4 aromatic carbocycles. The highest BCUT2D eigenvalue weighted by atomic mass is 35.5. The van der Waals surface area contributed by atoms with Crippen molar-refractivity contribution in [3.05, 3.63) is 112 Å². The Morgan fingerprint density at radius 1 is 0.800 bits per heavy atom. The monoisotopic (exact) mass is 608 g/mol. The van der Waals surface area contributed by atoms with E-state index in [0.717, 1.165) is 24.3 Å². The molecule has 4 rings (SSSR count). The van der Waals surface area contributed by atoms with E-state index in [1.807, 2.05) is 0 Å². The average Bonchev–Trinajstić information content (AvgIpc) is 2.89. The molecule has 0 bridgehead atoms. The number of anilines is 1. The van der Waals surface area contributed by atoms with E-state index >= 15 is 0 Å². The SMILES string of the molecule is O=C(NC(=O)c1ccccc1Cl)Nc1ccc(Oc2ccc(S(=O)(=O)c3ccc(Cl)cc3)c(C(F)(F)F)c2)cc1. The van der Waals surface area contributed by atoms with Crippen molar-refractivity contribution in [3.8, 4) is 11.5 Å². The lowest BCUT2D eigenvalue weighted by Gasteiger charge is -2.15. The number of urea groups is 1. The van der Waals surface area contributed by atoms with Crippen molar-refractivity contribution in [2.45, 2.75) is 16.0 Å². The summed E-state index contributed by atoms with van der Waals surface area (Å²) >= 11 is 11.7. The molecule has 4 aromatic rings. The van der Waals surface area contributed by atoms with Gasteiger partial charge in [-0.15, -0.1) is 0 Å². The molecule has 0 heterocycles. The van der Waals surface area contributed by atoms with Gasteiger partial charge in [-0.05, 0) is 78.9 Å². The number of ether oxygens (including phenoxy) is 1. The average molecular weight is 609 g/mol. The molecule has 0 radical (unpaired) electrons. The standard InChI is InChI=1S/C27H17Cl2F3N2O5S/c28-16-5-12-20(13-6-16)40(37,38)24-14-11-19(15-22(24)27(30,31)32)39-18-9-7-17(8-10-18)33-26(36)34-25(35)21-3-1-2-4-23(21)29/h1-15H,(H2,33,34,35,36). The minimum absolute atomic E-state index is 0.0968. The fourth-order valence-electron chi connectivity index (χ4n) is 3.49. The maximum absolute atomic E-state index is 13.9. The van der Waals surface area contributed by atoms with Crippen LogP contribution in [-0.4, -0.2) is 20.4 Å². The molecule has 0 unspecified atom stereocenters. The number of halogens is 5. The van der Waals surface area contributed by atoms with Gasteiger partial charge in [0, 0.05) is 10.7 Å². The summed E-state index contributed by atoms with van der Waals surface area (Å²) in [5.74, 6) is -0.893. The van der Waals surface area contributed by atoms with Crippen molar-refractivity contribution in [1.82, 2.24) is 5.32 Å². The summed E-state index contributed by atoms with van der Waals surface area (Å²) in [5, 5.41) is 4.95. The number of hydrogen-bond donors (Lipinski definition) is 2. The van der Waals surface area contributed by atoms with Crippen LogP contribution in [0.1, 0.15) is 15.9 Å². The van der Waals surface area contributed by atoms with Crippen LogP contribution in [0.15, 0.2) is 101 Å². The Bertz CT molecular complexity index is 1680. The normalized spacial score (nSPS) is 11.5. The quantitative estimate of drug-likeness (QED) is 0.235. The molecule has 0 aromatic heterocycles. The van der Waals surface area contributed by atoms with Crippen molar-refractivity contribution in [3.63, 3.8) is 0 Å². The van der Waals surface area contributed by atoms with Crippen LogP contribution in [0, 0.1) is 0 Å². The molecule has 2 N–H and O–H groups in total. The third-order valence-electron chi connectivity index (χ3n) is 5.36. The van der Waals surface area contributed by atoms with Gasteiger partial charge >= 0.3 is 12.2 Å². The highest BCUT2D eigenvalue weighted by Gasteiger charge is 2.38. The van der Waals surface area contributed by atoms with Gasteiger partial charge in [-0.3, -0.25) is 10.1 Å². The molecular weight excluding hydrogens is 592 g/mol. The van der Waals surface area contributed by atoms with Gasteiger partial charge in [0.15, 0.2) is 0 Å². The molecule has 0 aliphatic rings. The Labute approximate surface area is 236 Å². The Morgan fingerprint density at radius 3 is 2.05 bits per heavy atom. The van der Waals surface area contributed by atoms with Crippen LogP contribution >= 0.6 is 23.2 Å². The molecule has 0 aliphatic heterocycles. The Hall–Kier alpha value is -4.06. The number of carbonyl (C=O) groups excluding carboxylic acids is 2. The van der Waals surface area contributed by atoms with Crippen molar-refractivity contribution in [2.24, 2.45) is 0 Å². The van der Waals surface area contributed by atoms with Gasteiger partial charge in [-0.25, -0.2) is 13.2 Å². The predicted octanol–water partition coefficient (Wildman–Crippen LogP) is 7.60. The predicted molar refractivity (Wildman–Crippen MR) is 143 cm³/mol. The molecule has 13 heteroatoms. The first-order valence-electron chi connectivity index (χ1n) is 11.2. The zero-order valence-electron chi connectivity index (χ0n) is 20.0. The van der Waals surface area contributed by atoms with Crippen LogP contribution < -0.4 is 15.4 Å². The lowest BCUT2D eigenvalue weighted by Crippen LogP contribution is -2.34. The number of imide groups is 1. The summed E-state index contributed by atoms with van der Waals surface area (Å²) in [6.45, 7) is 0. The van der Waals surface area contributed by atoms with Crippen molar-refractivity contribution in [1.29, 1.82) is 0 Å². The van der Waals surface area contributed by atoms with E-state index in [0.29, 0.717) is 6.07 Å². The Morgan fingerprint density at radius 2 is 1.43 bits per heavy atom. The van der Waals surface area contributed by atoms with Crippen LogP contribution in [0.3, 0.4) is 0 Å². The number of alkyl halides is 3. The number of sulfone groups is 1. The van der Waals surface area contributed by atoms with E-state index in [2.05, 4.69) is 10.6 Å². The molecule has 0 aliphatic carbocycles. The number of amides is 3. The van der Waals surface area contributed by atoms with E-state index in [1.165, 1.54) is 48.5 Å². The largest absolute Gasteiger partial charge is 0.457 e. The summed E-state index contributed by atoms with van der Waals surface area (Å²) in [5.41, 5.74) is -1.05. The molecule has 206 valence electrons. The molecular formula is C27H17Cl2F3N2O5S. The number of carbonyl (C=O) groups is 2. The molecule has 7 nitrogen and oxygen atoms in total. The summed E-state index contributed by atoms with van der Waals surface area (Å²) in [6, 6.07) is 18.1. The molecule has 40 heavy (non-hydrogen) atoms. The van der Waals surface area contributed by atoms with Crippen molar-refractivity contribution < 1.29 is 35.9 Å². The zero-order chi connectivity index (χ0) is 29.1. The van der Waals surface area contributed by atoms with E-state index < -0.39 is 38.4 Å². The number of rotatable bonds is 6. The van der Waals surface area contributed by atoms with Gasteiger partial charge in [-0.1, -0.05) is 35.3 Å². The van der Waals surface area contributed by atoms with Crippen LogP contribution in [0.5, 0.6) is 11.5 Å². The first-order valence-corrected chi connectivity index (χ1v) is 13.5. The van der Waals surface area contributed by atoms with Gasteiger partial charge in [0.2, 0.25) is 9.84 Å². The Kier molecular flexibility index (Phi) is 8.38. The summed E-state index contributed by atoms with van der Waals surface area (Å²) in [6.07, 6.45) is -5.00. The maximum Gasteiger partial charge on any atom is 0.417 e. The topological polar surface area (TPSA) is 102 Å². The maximum atomic E-state index is 13.9. The first-order chi connectivity index (χ1) is 18.8. The second kappa shape index (κ2) is 11.6. The molecule has 0 spiro atoms. The highest BCUT2D eigenvalue weighted by molar-refractivity contribution is 7.91. The molecule has 0 fully saturated rings. The number of benzene rings is 4. The fourth-order valence-corrected chi connectivity index (χ4v) is 5.30. The van der Waals surface area contributed by atoms with Crippen LogP contribution in [0.2, 0.25) is 10.0 Å². The van der Waals surface area contributed by atoms with Gasteiger partial charge in [-0.2, -0.15) is 13.2 Å². The van der Waals surface area contributed by atoms with Gasteiger partial charge in [0.1, 0.15) is 11.5 Å². The summed E-state index contributed by atoms with van der Waals surface area (Å²) < 4.78 is 72.9. The highest BCUT2D eigenvalue weighted by Crippen LogP contribution is 2.39. The smallest absolute Gasteiger partial charge is 0.417 e. The van der Waals surface area contributed by atoms with Crippen LogP contribution in [0.4, 0.5) is 23.7 Å².